The van der Waals surface area contributed by atoms with Crippen molar-refractivity contribution in [1.82, 2.24) is 15.0 Å². The maximum Gasteiger partial charge on any atom is 0.164 e. The van der Waals surface area contributed by atoms with Crippen LogP contribution in [0.1, 0.15) is 19.2 Å². The normalized spacial score (nSPS) is 15.8. The SMILES string of the molecule is [2H]c1cc2c(oc3c([2H])c(-c4cccc5oc6cc7ccccc7cc6c45)cc(-c4nc(-c5c([2H])c([2H])c([2H])c([2H])c5[2H])nc(-c5c([2H])c([2H])c([2H])c([2H])c5[2H])n4)c32)c([2H])c1[2H]. The third-order valence-electron chi connectivity index (χ3n) is 8.19. The lowest BCUT2D eigenvalue weighted by molar-refractivity contribution is 0.668. The summed E-state index contributed by atoms with van der Waals surface area (Å²) >= 11 is 0. The van der Waals surface area contributed by atoms with E-state index < -0.39 is 95.3 Å². The molecular formula is C43H25N3O2. The Bertz CT molecular complexity index is 3510. The number of benzene rings is 7. The summed E-state index contributed by atoms with van der Waals surface area (Å²) in [6.45, 7) is 0. The van der Waals surface area contributed by atoms with Gasteiger partial charge in [-0.3, -0.25) is 0 Å². The molecule has 0 aliphatic carbocycles. The highest BCUT2D eigenvalue weighted by Crippen LogP contribution is 2.43. The Morgan fingerprint density at radius 3 is 1.83 bits per heavy atom. The minimum absolute atomic E-state index is 0.0566. The zero-order valence-electron chi connectivity index (χ0n) is 38.5. The Morgan fingerprint density at radius 1 is 0.438 bits per heavy atom. The van der Waals surface area contributed by atoms with Crippen molar-refractivity contribution in [3.63, 3.8) is 0 Å². The molecule has 0 bridgehead atoms. The molecule has 0 N–H and O–H groups in total. The standard InChI is InChI=1S/C43H25N3O2/c1-3-12-26(13-4-1)41-44-42(27-14-5-2-6-15-27)46-43(45-41)34-23-30(25-38-40(34)32-18-9-10-20-35(32)47-38)31-19-11-21-36-39(31)33-22-28-16-7-8-17-29(28)24-37(33)48-36/h1-25H/i1D,2D,3D,4D,5D,6D,9D,10D,12D,13D,14D,15D,20D,25D. The monoisotopic (exact) mass is 629 g/mol. The van der Waals surface area contributed by atoms with E-state index in [9.17, 15) is 1.37 Å². The van der Waals surface area contributed by atoms with Crippen LogP contribution in [0.3, 0.4) is 0 Å². The fourth-order valence-electron chi connectivity index (χ4n) is 6.11. The molecule has 0 aliphatic heterocycles. The van der Waals surface area contributed by atoms with Crippen LogP contribution in [0.15, 0.2) is 160 Å². The van der Waals surface area contributed by atoms with E-state index >= 15 is 0 Å². The van der Waals surface area contributed by atoms with E-state index in [-0.39, 0.29) is 51.0 Å². The van der Waals surface area contributed by atoms with E-state index in [1.807, 2.05) is 36.4 Å². The molecule has 5 nitrogen and oxygen atoms in total. The van der Waals surface area contributed by atoms with E-state index in [0.29, 0.717) is 22.1 Å². The fraction of sp³-hybridized carbons (Fsp3) is 0. The summed E-state index contributed by atoms with van der Waals surface area (Å²) < 4.78 is 133. The van der Waals surface area contributed by atoms with Crippen LogP contribution in [0.2, 0.25) is 0 Å². The highest BCUT2D eigenvalue weighted by Gasteiger charge is 2.21. The van der Waals surface area contributed by atoms with Gasteiger partial charge in [-0.05, 0) is 58.2 Å². The number of nitrogens with zero attached hydrogens (tertiary/aromatic N) is 3. The summed E-state index contributed by atoms with van der Waals surface area (Å²) in [5.74, 6) is -1.31. The van der Waals surface area contributed by atoms with Gasteiger partial charge in [-0.2, -0.15) is 0 Å². The van der Waals surface area contributed by atoms with Crippen molar-refractivity contribution in [2.24, 2.45) is 0 Å². The average molecular weight is 630 g/mol. The Hall–Kier alpha value is -6.59. The van der Waals surface area contributed by atoms with Crippen molar-refractivity contribution in [3.05, 3.63) is 151 Å². The number of hydrogen-bond donors (Lipinski definition) is 0. The molecule has 10 rings (SSSR count). The smallest absolute Gasteiger partial charge is 0.164 e. The van der Waals surface area contributed by atoms with E-state index in [1.165, 1.54) is 6.07 Å². The molecule has 0 unspecified atom stereocenters. The summed E-state index contributed by atoms with van der Waals surface area (Å²) in [5.41, 5.74) is 0.708. The lowest BCUT2D eigenvalue weighted by Crippen LogP contribution is -2.00. The lowest BCUT2D eigenvalue weighted by atomic mass is 9.94. The predicted octanol–water partition coefficient (Wildman–Crippen LogP) is 11.5. The molecule has 0 radical (unpaired) electrons. The van der Waals surface area contributed by atoms with Gasteiger partial charge in [0.2, 0.25) is 0 Å². The van der Waals surface area contributed by atoms with Gasteiger partial charge in [0.15, 0.2) is 17.5 Å². The number of para-hydroxylation sites is 1. The summed E-state index contributed by atoms with van der Waals surface area (Å²) in [6, 6.07) is 11.5. The summed E-state index contributed by atoms with van der Waals surface area (Å²) in [4.78, 5) is 13.7. The molecule has 3 aromatic heterocycles. The van der Waals surface area contributed by atoms with Crippen molar-refractivity contribution in [2.45, 2.75) is 0 Å². The van der Waals surface area contributed by atoms with Crippen molar-refractivity contribution < 1.29 is 28.0 Å². The second-order valence-corrected chi connectivity index (χ2v) is 11.0. The fourth-order valence-corrected chi connectivity index (χ4v) is 6.11. The third kappa shape index (κ3) is 4.22. The molecule has 10 aromatic rings. The Balaban J connectivity index is 1.38. The van der Waals surface area contributed by atoms with Gasteiger partial charge >= 0.3 is 0 Å². The highest BCUT2D eigenvalue weighted by molar-refractivity contribution is 6.18. The van der Waals surface area contributed by atoms with Crippen molar-refractivity contribution in [2.75, 3.05) is 0 Å². The maximum absolute atomic E-state index is 9.66. The molecule has 0 atom stereocenters. The van der Waals surface area contributed by atoms with E-state index in [1.54, 1.807) is 24.3 Å². The van der Waals surface area contributed by atoms with Crippen LogP contribution in [-0.4, -0.2) is 15.0 Å². The molecule has 5 heteroatoms. The molecule has 0 fully saturated rings. The number of fused-ring (bicyclic) bond motifs is 7. The van der Waals surface area contributed by atoms with E-state index in [4.69, 9.17) is 26.7 Å². The van der Waals surface area contributed by atoms with Crippen molar-refractivity contribution in [3.8, 4) is 45.3 Å². The minimum Gasteiger partial charge on any atom is -0.456 e. The zero-order valence-corrected chi connectivity index (χ0v) is 24.5. The van der Waals surface area contributed by atoms with Crippen molar-refractivity contribution >= 4 is 54.6 Å². The summed E-state index contributed by atoms with van der Waals surface area (Å²) in [7, 11) is 0. The average Bonchev–Trinajstić information content (AvgIpc) is 3.83. The summed E-state index contributed by atoms with van der Waals surface area (Å²) in [5, 5.41) is 3.49. The largest absolute Gasteiger partial charge is 0.456 e. The lowest BCUT2D eigenvalue weighted by Gasteiger charge is -2.11. The number of rotatable bonds is 4. The van der Waals surface area contributed by atoms with Gasteiger partial charge in [0.25, 0.3) is 0 Å². The number of aromatic nitrogens is 3. The second kappa shape index (κ2) is 10.5. The van der Waals surface area contributed by atoms with E-state index in [2.05, 4.69) is 15.0 Å². The first-order valence-corrected chi connectivity index (χ1v) is 14.8. The van der Waals surface area contributed by atoms with Crippen LogP contribution in [0.25, 0.3) is 99.9 Å². The first-order chi connectivity index (χ1) is 29.6. The van der Waals surface area contributed by atoms with Gasteiger partial charge < -0.3 is 8.83 Å². The van der Waals surface area contributed by atoms with Gasteiger partial charge in [-0.1, -0.05) is 115 Å². The molecule has 3 heterocycles. The molecule has 0 amide bonds. The minimum atomic E-state index is -0.707. The van der Waals surface area contributed by atoms with Crippen LogP contribution in [0, 0.1) is 0 Å². The Kier molecular flexibility index (Phi) is 3.56. The zero-order chi connectivity index (χ0) is 43.8. The second-order valence-electron chi connectivity index (χ2n) is 11.0. The molecule has 224 valence electrons. The molecular weight excluding hydrogens is 590 g/mol. The highest BCUT2D eigenvalue weighted by atomic mass is 16.3. The van der Waals surface area contributed by atoms with Crippen LogP contribution in [0.4, 0.5) is 0 Å². The van der Waals surface area contributed by atoms with Gasteiger partial charge in [-0.25, -0.2) is 15.0 Å². The number of hydrogen-bond acceptors (Lipinski definition) is 5. The number of furan rings is 2. The van der Waals surface area contributed by atoms with Gasteiger partial charge in [0.1, 0.15) is 22.3 Å². The third-order valence-corrected chi connectivity index (χ3v) is 8.19. The maximum atomic E-state index is 9.66. The quantitative estimate of drug-likeness (QED) is 0.194. The first-order valence-electron chi connectivity index (χ1n) is 21.8. The van der Waals surface area contributed by atoms with E-state index in [0.717, 1.165) is 16.2 Å². The van der Waals surface area contributed by atoms with Crippen LogP contribution in [-0.2, 0) is 0 Å². The van der Waals surface area contributed by atoms with Gasteiger partial charge in [0, 0.05) is 38.2 Å². The molecule has 0 saturated carbocycles. The van der Waals surface area contributed by atoms with Crippen molar-refractivity contribution in [1.29, 1.82) is 0 Å². The Morgan fingerprint density at radius 2 is 1.08 bits per heavy atom. The Labute approximate surface area is 294 Å². The first kappa shape index (κ1) is 16.3. The van der Waals surface area contributed by atoms with Gasteiger partial charge in [0.05, 0.1) is 19.2 Å². The molecule has 0 spiro atoms. The topological polar surface area (TPSA) is 65.0 Å². The molecule has 0 saturated heterocycles. The molecule has 48 heavy (non-hydrogen) atoms. The van der Waals surface area contributed by atoms with Crippen LogP contribution in [0.5, 0.6) is 0 Å². The van der Waals surface area contributed by atoms with Crippen LogP contribution < -0.4 is 0 Å². The summed E-state index contributed by atoms with van der Waals surface area (Å²) in [6.07, 6.45) is 0. The molecule has 0 aliphatic rings. The molecule has 7 aromatic carbocycles. The van der Waals surface area contributed by atoms with Crippen LogP contribution >= 0.6 is 0 Å². The van der Waals surface area contributed by atoms with Gasteiger partial charge in [-0.15, -0.1) is 0 Å². The predicted molar refractivity (Wildman–Crippen MR) is 194 cm³/mol.